The molecule has 0 fully saturated rings. The van der Waals surface area contributed by atoms with E-state index in [-0.39, 0.29) is 0 Å². The van der Waals surface area contributed by atoms with Crippen LogP contribution in [0.5, 0.6) is 0 Å². The lowest BCUT2D eigenvalue weighted by Gasteiger charge is -2.31. The molecule has 3 nitrogen and oxygen atoms in total. The molecule has 0 bridgehead atoms. The number of hydrogen-bond donors (Lipinski definition) is 0. The van der Waals surface area contributed by atoms with Crippen LogP contribution in [0.15, 0.2) is 12.1 Å². The second-order valence-corrected chi connectivity index (χ2v) is 10.9. The minimum Gasteiger partial charge on any atom is -0.370 e. The van der Waals surface area contributed by atoms with Crippen molar-refractivity contribution >= 4 is 81.8 Å². The molecule has 7 heteroatoms. The van der Waals surface area contributed by atoms with Gasteiger partial charge in [0.25, 0.3) is 0 Å². The Kier molecular flexibility index (Phi) is 11.0. The molecule has 0 radical (unpaired) electrons. The molecule has 1 aromatic rings. The van der Waals surface area contributed by atoms with Gasteiger partial charge in [0.05, 0.1) is 0 Å². The summed E-state index contributed by atoms with van der Waals surface area (Å²) in [5, 5.41) is 1.13. The van der Waals surface area contributed by atoms with Gasteiger partial charge in [-0.3, -0.25) is 0 Å². The Bertz CT molecular complexity index is 427. The average Bonchev–Trinajstić information content (AvgIpc) is 2.47. The molecular formula is C15H23I3O3Si. The first-order valence-electron chi connectivity index (χ1n) is 7.57. The standard InChI is InChI=1S/C15H23I3O3Si/c1-4-7-19-22(20-8-5-2,21-9-6-3)15-13(17)10-12(16)11-14(15)18/h10-11H,4-9H2,1-3H3. The second-order valence-electron chi connectivity index (χ2n) is 4.85. The summed E-state index contributed by atoms with van der Waals surface area (Å²) in [7, 11) is -2.86. The summed E-state index contributed by atoms with van der Waals surface area (Å²) in [5.41, 5.74) is 0. The van der Waals surface area contributed by atoms with Gasteiger partial charge >= 0.3 is 8.80 Å². The summed E-state index contributed by atoms with van der Waals surface area (Å²) in [6.45, 7) is 8.33. The van der Waals surface area contributed by atoms with Crippen molar-refractivity contribution in [1.29, 1.82) is 0 Å². The molecule has 1 aromatic carbocycles. The van der Waals surface area contributed by atoms with Crippen molar-refractivity contribution in [3.05, 3.63) is 22.8 Å². The van der Waals surface area contributed by atoms with Gasteiger partial charge in [-0.05, 0) is 99.2 Å². The summed E-state index contributed by atoms with van der Waals surface area (Å²) in [6.07, 6.45) is 2.87. The van der Waals surface area contributed by atoms with E-state index in [1.807, 2.05) is 0 Å². The average molecular weight is 660 g/mol. The normalized spacial score (nSPS) is 11.9. The molecule has 0 amide bonds. The van der Waals surface area contributed by atoms with Crippen LogP contribution in [-0.4, -0.2) is 28.6 Å². The summed E-state index contributed by atoms with van der Waals surface area (Å²) in [4.78, 5) is 0. The van der Waals surface area contributed by atoms with Crippen LogP contribution < -0.4 is 5.19 Å². The third kappa shape index (κ3) is 6.10. The molecule has 0 saturated heterocycles. The molecule has 0 aromatic heterocycles. The first kappa shape index (κ1) is 21.5. The monoisotopic (exact) mass is 660 g/mol. The molecule has 0 saturated carbocycles. The SMILES string of the molecule is CCCO[Si](OCCC)(OCCC)c1c(I)cc(I)cc1I. The van der Waals surface area contributed by atoms with Gasteiger partial charge in [-0.1, -0.05) is 20.8 Å². The van der Waals surface area contributed by atoms with Crippen molar-refractivity contribution in [1.82, 2.24) is 0 Å². The molecule has 0 aliphatic carbocycles. The van der Waals surface area contributed by atoms with Gasteiger partial charge in [-0.2, -0.15) is 0 Å². The number of halogens is 3. The third-order valence-electron chi connectivity index (χ3n) is 2.80. The van der Waals surface area contributed by atoms with Crippen molar-refractivity contribution < 1.29 is 13.3 Å². The Balaban J connectivity index is 3.31. The fourth-order valence-electron chi connectivity index (χ4n) is 1.89. The van der Waals surface area contributed by atoms with Crippen LogP contribution in [0.2, 0.25) is 0 Å². The lowest BCUT2D eigenvalue weighted by Crippen LogP contribution is -2.59. The minimum absolute atomic E-state index is 0.664. The van der Waals surface area contributed by atoms with E-state index in [9.17, 15) is 0 Å². The molecule has 0 spiro atoms. The van der Waals surface area contributed by atoms with Gasteiger partial charge < -0.3 is 13.3 Å². The zero-order chi connectivity index (χ0) is 16.6. The zero-order valence-corrected chi connectivity index (χ0v) is 20.7. The summed E-state index contributed by atoms with van der Waals surface area (Å²) >= 11 is 7.10. The van der Waals surface area contributed by atoms with Gasteiger partial charge in [-0.25, -0.2) is 0 Å². The van der Waals surface area contributed by atoms with E-state index in [1.54, 1.807) is 0 Å². The van der Waals surface area contributed by atoms with E-state index < -0.39 is 8.80 Å². The second kappa shape index (κ2) is 11.2. The molecule has 0 aliphatic heterocycles. The van der Waals surface area contributed by atoms with Gasteiger partial charge in [0.2, 0.25) is 0 Å². The van der Waals surface area contributed by atoms with Crippen molar-refractivity contribution in [3.63, 3.8) is 0 Å². The molecule has 0 unspecified atom stereocenters. The van der Waals surface area contributed by atoms with Gasteiger partial charge in [0.1, 0.15) is 0 Å². The number of hydrogen-bond acceptors (Lipinski definition) is 3. The quantitative estimate of drug-likeness (QED) is 0.264. The Morgan fingerprint density at radius 2 is 1.14 bits per heavy atom. The van der Waals surface area contributed by atoms with Crippen molar-refractivity contribution in [2.24, 2.45) is 0 Å². The lowest BCUT2D eigenvalue weighted by molar-refractivity contribution is 0.0729. The Morgan fingerprint density at radius 3 is 1.45 bits per heavy atom. The zero-order valence-electron chi connectivity index (χ0n) is 13.3. The van der Waals surface area contributed by atoms with Crippen LogP contribution in [0.4, 0.5) is 0 Å². The van der Waals surface area contributed by atoms with E-state index >= 15 is 0 Å². The fraction of sp³-hybridized carbons (Fsp3) is 0.600. The largest absolute Gasteiger partial charge is 0.539 e. The lowest BCUT2D eigenvalue weighted by atomic mass is 10.4. The smallest absolute Gasteiger partial charge is 0.370 e. The molecule has 0 N–H and O–H groups in total. The maximum Gasteiger partial charge on any atom is 0.539 e. The summed E-state index contributed by atoms with van der Waals surface area (Å²) in [6, 6.07) is 4.33. The van der Waals surface area contributed by atoms with Crippen LogP contribution in [0.25, 0.3) is 0 Å². The van der Waals surface area contributed by atoms with E-state index in [0.717, 1.165) is 24.4 Å². The number of benzene rings is 1. The molecule has 0 atom stereocenters. The predicted octanol–water partition coefficient (Wildman–Crippen LogP) is 4.93. The van der Waals surface area contributed by atoms with Crippen LogP contribution in [-0.2, 0) is 13.3 Å². The van der Waals surface area contributed by atoms with E-state index in [4.69, 9.17) is 13.3 Å². The van der Waals surface area contributed by atoms with E-state index in [1.165, 1.54) is 10.7 Å². The fourth-order valence-corrected chi connectivity index (χ4v) is 10.3. The maximum atomic E-state index is 6.25. The van der Waals surface area contributed by atoms with Crippen molar-refractivity contribution in [3.8, 4) is 0 Å². The summed E-state index contributed by atoms with van der Waals surface area (Å²) in [5.74, 6) is 0. The van der Waals surface area contributed by atoms with Gasteiger partial charge in [0.15, 0.2) is 0 Å². The van der Waals surface area contributed by atoms with Crippen LogP contribution >= 0.6 is 67.8 Å². The van der Waals surface area contributed by atoms with E-state index in [2.05, 4.69) is 101 Å². The number of rotatable bonds is 10. The van der Waals surface area contributed by atoms with Crippen LogP contribution in [0, 0.1) is 10.7 Å². The van der Waals surface area contributed by atoms with E-state index in [0.29, 0.717) is 19.8 Å². The highest BCUT2D eigenvalue weighted by Gasteiger charge is 2.47. The molecular weight excluding hydrogens is 637 g/mol. The molecule has 0 heterocycles. The Morgan fingerprint density at radius 1 is 0.773 bits per heavy atom. The molecule has 22 heavy (non-hydrogen) atoms. The predicted molar refractivity (Wildman–Crippen MR) is 119 cm³/mol. The van der Waals surface area contributed by atoms with Crippen LogP contribution in [0.1, 0.15) is 40.0 Å². The minimum atomic E-state index is -2.86. The first-order chi connectivity index (χ1) is 10.5. The Hall–Kier alpha value is 1.51. The van der Waals surface area contributed by atoms with Crippen molar-refractivity contribution in [2.75, 3.05) is 19.8 Å². The topological polar surface area (TPSA) is 27.7 Å². The highest BCUT2D eigenvalue weighted by Crippen LogP contribution is 2.22. The maximum absolute atomic E-state index is 6.25. The highest BCUT2D eigenvalue weighted by atomic mass is 127. The molecule has 0 aliphatic rings. The summed E-state index contributed by atoms with van der Waals surface area (Å²) < 4.78 is 22.3. The third-order valence-corrected chi connectivity index (χ3v) is 9.05. The van der Waals surface area contributed by atoms with Crippen LogP contribution in [0.3, 0.4) is 0 Å². The molecule has 1 rings (SSSR count). The van der Waals surface area contributed by atoms with Crippen molar-refractivity contribution in [2.45, 2.75) is 40.0 Å². The first-order valence-corrected chi connectivity index (χ1v) is 12.5. The van der Waals surface area contributed by atoms with Gasteiger partial charge in [-0.15, -0.1) is 0 Å². The van der Waals surface area contributed by atoms with Gasteiger partial charge in [0, 0.05) is 35.7 Å². The Labute approximate surface area is 176 Å². The molecule has 126 valence electrons. The highest BCUT2D eigenvalue weighted by molar-refractivity contribution is 14.1.